The zero-order valence-corrected chi connectivity index (χ0v) is 9.77. The van der Waals surface area contributed by atoms with Crippen molar-refractivity contribution in [3.05, 3.63) is 17.4 Å². The van der Waals surface area contributed by atoms with E-state index in [1.165, 1.54) is 12.3 Å². The number of nitrogens with two attached hydrogens (primary N) is 1. The van der Waals surface area contributed by atoms with Crippen molar-refractivity contribution in [2.75, 3.05) is 16.2 Å². The lowest BCUT2D eigenvalue weighted by atomic mass is 10.4. The van der Waals surface area contributed by atoms with E-state index in [1.807, 2.05) is 0 Å². The number of sulfonamides is 1. The largest absolute Gasteiger partial charge is 0.397 e. The number of nitrogens with zero attached hydrogens (tertiary/aromatic N) is 1. The SMILES string of the molecule is CCCS(=O)(=O)Nc1cc(N)cnc1Cl. The molecule has 0 amide bonds. The van der Waals surface area contributed by atoms with Gasteiger partial charge in [-0.3, -0.25) is 4.72 Å². The van der Waals surface area contributed by atoms with Gasteiger partial charge >= 0.3 is 0 Å². The fourth-order valence-corrected chi connectivity index (χ4v) is 2.36. The van der Waals surface area contributed by atoms with Crippen molar-refractivity contribution in [3.8, 4) is 0 Å². The number of aromatic nitrogens is 1. The van der Waals surface area contributed by atoms with Crippen molar-refractivity contribution >= 4 is 33.0 Å². The quantitative estimate of drug-likeness (QED) is 0.792. The molecule has 7 heteroatoms. The van der Waals surface area contributed by atoms with Gasteiger partial charge in [-0.2, -0.15) is 0 Å². The van der Waals surface area contributed by atoms with Gasteiger partial charge in [-0.1, -0.05) is 18.5 Å². The van der Waals surface area contributed by atoms with Gasteiger partial charge in [0.05, 0.1) is 23.3 Å². The molecule has 15 heavy (non-hydrogen) atoms. The van der Waals surface area contributed by atoms with Crippen molar-refractivity contribution in [2.45, 2.75) is 13.3 Å². The fourth-order valence-electron chi connectivity index (χ4n) is 1.02. The summed E-state index contributed by atoms with van der Waals surface area (Å²) < 4.78 is 25.2. The van der Waals surface area contributed by atoms with Crippen LogP contribution in [0.1, 0.15) is 13.3 Å². The molecule has 1 aromatic heterocycles. The van der Waals surface area contributed by atoms with E-state index in [4.69, 9.17) is 17.3 Å². The number of hydrogen-bond donors (Lipinski definition) is 2. The van der Waals surface area contributed by atoms with Gasteiger partial charge in [0.15, 0.2) is 5.15 Å². The second kappa shape index (κ2) is 4.67. The van der Waals surface area contributed by atoms with Crippen molar-refractivity contribution in [1.82, 2.24) is 4.98 Å². The van der Waals surface area contributed by atoms with Gasteiger partial charge in [-0.25, -0.2) is 13.4 Å². The van der Waals surface area contributed by atoms with Crippen LogP contribution >= 0.6 is 11.6 Å². The number of rotatable bonds is 4. The number of nitrogens with one attached hydrogen (secondary N) is 1. The number of halogens is 1. The zero-order chi connectivity index (χ0) is 11.5. The van der Waals surface area contributed by atoms with Crippen LogP contribution in [0.5, 0.6) is 0 Å². The number of anilines is 2. The Bertz CT molecular complexity index is 447. The minimum Gasteiger partial charge on any atom is -0.397 e. The summed E-state index contributed by atoms with van der Waals surface area (Å²) in [5.41, 5.74) is 6.03. The Hall–Kier alpha value is -1.01. The summed E-state index contributed by atoms with van der Waals surface area (Å²) in [7, 11) is -3.35. The van der Waals surface area contributed by atoms with E-state index < -0.39 is 10.0 Å². The second-order valence-corrected chi connectivity index (χ2v) is 5.23. The highest BCUT2D eigenvalue weighted by atomic mass is 35.5. The molecule has 1 aromatic rings. The predicted molar refractivity (Wildman–Crippen MR) is 61.4 cm³/mol. The first-order chi connectivity index (χ1) is 6.94. The molecule has 0 bridgehead atoms. The molecule has 0 fully saturated rings. The first-order valence-corrected chi connectivity index (χ1v) is 6.39. The highest BCUT2D eigenvalue weighted by Gasteiger charge is 2.11. The third-order valence-corrected chi connectivity index (χ3v) is 3.38. The van der Waals surface area contributed by atoms with E-state index in [1.54, 1.807) is 6.92 Å². The van der Waals surface area contributed by atoms with Crippen LogP contribution in [0.15, 0.2) is 12.3 Å². The topological polar surface area (TPSA) is 85.1 Å². The van der Waals surface area contributed by atoms with Crippen molar-refractivity contribution in [3.63, 3.8) is 0 Å². The predicted octanol–water partition coefficient (Wildman–Crippen LogP) is 1.47. The summed E-state index contributed by atoms with van der Waals surface area (Å²) in [5, 5.41) is 0.0869. The minimum absolute atomic E-state index is 0.0398. The molecular formula is C8H12ClN3O2S. The van der Waals surface area contributed by atoms with Crippen molar-refractivity contribution in [1.29, 1.82) is 0 Å². The van der Waals surface area contributed by atoms with E-state index in [-0.39, 0.29) is 16.6 Å². The van der Waals surface area contributed by atoms with E-state index in [0.29, 0.717) is 12.1 Å². The zero-order valence-electron chi connectivity index (χ0n) is 8.20. The molecule has 0 spiro atoms. The molecule has 0 radical (unpaired) electrons. The molecule has 0 aliphatic rings. The van der Waals surface area contributed by atoms with Gasteiger partial charge in [0.2, 0.25) is 10.0 Å². The summed E-state index contributed by atoms with van der Waals surface area (Å²) in [6.45, 7) is 1.78. The van der Waals surface area contributed by atoms with E-state index in [0.717, 1.165) is 0 Å². The van der Waals surface area contributed by atoms with Gasteiger partial charge in [0.1, 0.15) is 0 Å². The molecule has 84 valence electrons. The molecule has 0 atom stereocenters. The van der Waals surface area contributed by atoms with Gasteiger partial charge in [-0.05, 0) is 12.5 Å². The second-order valence-electron chi connectivity index (χ2n) is 3.03. The Kier molecular flexibility index (Phi) is 3.76. The molecule has 0 aromatic carbocycles. The standard InChI is InChI=1S/C8H12ClN3O2S/c1-2-3-15(13,14)12-7-4-6(10)5-11-8(7)9/h4-5,12H,2-3,10H2,1H3. The van der Waals surface area contributed by atoms with Crippen LogP contribution in [0.25, 0.3) is 0 Å². The summed E-state index contributed by atoms with van der Waals surface area (Å²) in [4.78, 5) is 3.74. The maximum Gasteiger partial charge on any atom is 0.232 e. The molecule has 0 saturated carbocycles. The van der Waals surface area contributed by atoms with Crippen LogP contribution in [-0.2, 0) is 10.0 Å². The molecule has 0 aliphatic carbocycles. The van der Waals surface area contributed by atoms with Crippen LogP contribution in [0.4, 0.5) is 11.4 Å². The molecule has 5 nitrogen and oxygen atoms in total. The summed E-state index contributed by atoms with van der Waals surface area (Å²) in [6, 6.07) is 1.43. The van der Waals surface area contributed by atoms with E-state index >= 15 is 0 Å². The Balaban J connectivity index is 2.94. The van der Waals surface area contributed by atoms with Gasteiger partial charge < -0.3 is 5.73 Å². The molecule has 0 unspecified atom stereocenters. The van der Waals surface area contributed by atoms with Crippen LogP contribution in [0, 0.1) is 0 Å². The molecular weight excluding hydrogens is 238 g/mol. The molecule has 1 heterocycles. The Morgan fingerprint density at radius 1 is 1.60 bits per heavy atom. The van der Waals surface area contributed by atoms with E-state index in [9.17, 15) is 8.42 Å². The van der Waals surface area contributed by atoms with Gasteiger partial charge in [0.25, 0.3) is 0 Å². The van der Waals surface area contributed by atoms with Crippen LogP contribution < -0.4 is 10.5 Å². The number of nitrogen functional groups attached to an aromatic ring is 1. The van der Waals surface area contributed by atoms with Crippen LogP contribution in [-0.4, -0.2) is 19.2 Å². The van der Waals surface area contributed by atoms with Crippen LogP contribution in [0.2, 0.25) is 5.15 Å². The lowest BCUT2D eigenvalue weighted by Crippen LogP contribution is -2.16. The third-order valence-electron chi connectivity index (χ3n) is 1.60. The smallest absolute Gasteiger partial charge is 0.232 e. The Labute approximate surface area is 93.7 Å². The fraction of sp³-hybridized carbons (Fsp3) is 0.375. The van der Waals surface area contributed by atoms with Gasteiger partial charge in [0, 0.05) is 0 Å². The number of pyridine rings is 1. The lowest BCUT2D eigenvalue weighted by Gasteiger charge is -2.08. The van der Waals surface area contributed by atoms with Crippen molar-refractivity contribution in [2.24, 2.45) is 0 Å². The maximum absolute atomic E-state index is 11.4. The minimum atomic E-state index is -3.35. The summed E-state index contributed by atoms with van der Waals surface area (Å²) in [6.07, 6.45) is 1.89. The molecule has 1 rings (SSSR count). The highest BCUT2D eigenvalue weighted by molar-refractivity contribution is 7.92. The third kappa shape index (κ3) is 3.56. The first-order valence-electron chi connectivity index (χ1n) is 4.36. The lowest BCUT2D eigenvalue weighted by molar-refractivity contribution is 0.600. The normalized spacial score (nSPS) is 11.3. The molecule has 3 N–H and O–H groups in total. The molecule has 0 saturated heterocycles. The monoisotopic (exact) mass is 249 g/mol. The van der Waals surface area contributed by atoms with Crippen molar-refractivity contribution < 1.29 is 8.42 Å². The average molecular weight is 250 g/mol. The first kappa shape index (κ1) is 12.1. The molecule has 0 aliphatic heterocycles. The summed E-state index contributed by atoms with van der Waals surface area (Å²) in [5.74, 6) is 0.0398. The summed E-state index contributed by atoms with van der Waals surface area (Å²) >= 11 is 5.71. The van der Waals surface area contributed by atoms with Crippen LogP contribution in [0.3, 0.4) is 0 Å². The Morgan fingerprint density at radius 2 is 2.27 bits per heavy atom. The van der Waals surface area contributed by atoms with E-state index in [2.05, 4.69) is 9.71 Å². The van der Waals surface area contributed by atoms with Gasteiger partial charge in [-0.15, -0.1) is 0 Å². The highest BCUT2D eigenvalue weighted by Crippen LogP contribution is 2.22. The Morgan fingerprint density at radius 3 is 2.87 bits per heavy atom. The average Bonchev–Trinajstić information content (AvgIpc) is 2.10. The maximum atomic E-state index is 11.4. The number of hydrogen-bond acceptors (Lipinski definition) is 4.